The molecule has 4 rings (SSSR count). The molecule has 5 heteroatoms. The molecule has 1 amide bonds. The molecule has 1 aliphatic heterocycles. The number of hydrogen-bond acceptors (Lipinski definition) is 3. The Kier molecular flexibility index (Phi) is 4.31. The molecule has 1 fully saturated rings. The summed E-state index contributed by atoms with van der Waals surface area (Å²) in [6.45, 7) is 3.06. The summed E-state index contributed by atoms with van der Waals surface area (Å²) >= 11 is 0. The van der Waals surface area contributed by atoms with Crippen LogP contribution in [0.2, 0.25) is 0 Å². The van der Waals surface area contributed by atoms with E-state index in [0.29, 0.717) is 25.3 Å². The third-order valence-corrected chi connectivity index (χ3v) is 4.84. The summed E-state index contributed by atoms with van der Waals surface area (Å²) in [7, 11) is 0. The Bertz CT molecular complexity index is 962. The number of carbonyl (C=O) groups is 2. The first-order chi connectivity index (χ1) is 12.6. The number of fused-ring (bicyclic) bond motifs is 1. The summed E-state index contributed by atoms with van der Waals surface area (Å²) in [6.07, 6.45) is -0.203. The molecular weight excluding hydrogens is 328 g/mol. The first-order valence-electron chi connectivity index (χ1n) is 8.72. The van der Waals surface area contributed by atoms with Gasteiger partial charge in [0.15, 0.2) is 0 Å². The highest BCUT2D eigenvalue weighted by Gasteiger charge is 2.31. The van der Waals surface area contributed by atoms with Gasteiger partial charge in [-0.05, 0) is 18.6 Å². The number of carbonyl (C=O) groups excluding carboxylic acids is 2. The lowest BCUT2D eigenvalue weighted by molar-refractivity contribution is -0.134. The molecule has 1 N–H and O–H groups in total. The normalized spacial score (nSPS) is 17.4. The van der Waals surface area contributed by atoms with E-state index < -0.39 is 11.7 Å². The van der Waals surface area contributed by atoms with E-state index >= 15 is 0 Å². The lowest BCUT2D eigenvalue weighted by Crippen LogP contribution is -2.45. The van der Waals surface area contributed by atoms with Crippen molar-refractivity contribution in [3.05, 3.63) is 71.4 Å². The van der Waals surface area contributed by atoms with Crippen LogP contribution in [0.25, 0.3) is 10.9 Å². The minimum absolute atomic E-state index is 0.203. The zero-order valence-electron chi connectivity index (χ0n) is 14.6. The van der Waals surface area contributed by atoms with Crippen molar-refractivity contribution in [1.29, 1.82) is 0 Å². The van der Waals surface area contributed by atoms with E-state index in [1.165, 1.54) is 0 Å². The van der Waals surface area contributed by atoms with Crippen LogP contribution in [0.15, 0.2) is 54.6 Å². The first-order valence-corrected chi connectivity index (χ1v) is 8.72. The molecule has 2 heterocycles. The van der Waals surface area contributed by atoms with Gasteiger partial charge in [0.05, 0.1) is 18.7 Å². The van der Waals surface area contributed by atoms with Crippen LogP contribution < -0.4 is 0 Å². The summed E-state index contributed by atoms with van der Waals surface area (Å²) in [5, 5.41) is 0.788. The Morgan fingerprint density at radius 2 is 1.81 bits per heavy atom. The third-order valence-electron chi connectivity index (χ3n) is 4.84. The topological polar surface area (TPSA) is 62.4 Å². The van der Waals surface area contributed by atoms with E-state index in [2.05, 4.69) is 4.98 Å². The fourth-order valence-corrected chi connectivity index (χ4v) is 3.52. The van der Waals surface area contributed by atoms with Gasteiger partial charge in [-0.25, -0.2) is 0 Å². The Morgan fingerprint density at radius 1 is 1.08 bits per heavy atom. The maximum Gasteiger partial charge on any atom is 0.295 e. The molecule has 0 saturated carbocycles. The molecule has 5 nitrogen and oxygen atoms in total. The van der Waals surface area contributed by atoms with Gasteiger partial charge >= 0.3 is 0 Å². The van der Waals surface area contributed by atoms with Crippen LogP contribution in [-0.4, -0.2) is 41.3 Å². The largest absolute Gasteiger partial charge is 0.370 e. The minimum atomic E-state index is -0.470. The predicted molar refractivity (Wildman–Crippen MR) is 99.1 cm³/mol. The fourth-order valence-electron chi connectivity index (χ4n) is 3.52. The lowest BCUT2D eigenvalue weighted by atomic mass is 10.0. The molecule has 1 aromatic heterocycles. The number of aromatic nitrogens is 1. The second-order valence-corrected chi connectivity index (χ2v) is 6.52. The number of hydrogen-bond donors (Lipinski definition) is 1. The van der Waals surface area contributed by atoms with E-state index in [1.807, 2.05) is 61.5 Å². The third kappa shape index (κ3) is 2.91. The van der Waals surface area contributed by atoms with Gasteiger partial charge in [0.25, 0.3) is 11.7 Å². The highest BCUT2D eigenvalue weighted by molar-refractivity contribution is 6.45. The number of Topliss-reactive ketones (excluding diaryl/α,β-unsaturated/α-hetero) is 1. The molecule has 1 aliphatic rings. The van der Waals surface area contributed by atoms with Crippen LogP contribution in [0, 0.1) is 6.92 Å². The molecular formula is C21H20N2O3. The van der Waals surface area contributed by atoms with E-state index in [0.717, 1.165) is 22.2 Å². The van der Waals surface area contributed by atoms with Crippen LogP contribution in [-0.2, 0) is 9.53 Å². The van der Waals surface area contributed by atoms with Gasteiger partial charge in [-0.3, -0.25) is 9.59 Å². The van der Waals surface area contributed by atoms with Crippen molar-refractivity contribution in [1.82, 2.24) is 9.88 Å². The maximum atomic E-state index is 12.9. The standard InChI is InChI=1S/C21H20N2O3/c1-14-19(16-9-5-6-10-17(16)22-14)20(24)21(25)23-11-12-26-18(13-23)15-7-3-2-4-8-15/h2-10,18,22H,11-13H2,1H3/t18-/m0/s1. The van der Waals surface area contributed by atoms with Crippen molar-refractivity contribution in [3.8, 4) is 0 Å². The van der Waals surface area contributed by atoms with Gasteiger partial charge in [0, 0.05) is 23.1 Å². The van der Waals surface area contributed by atoms with Crippen molar-refractivity contribution in [3.63, 3.8) is 0 Å². The highest BCUT2D eigenvalue weighted by Crippen LogP contribution is 2.25. The quantitative estimate of drug-likeness (QED) is 0.584. The number of ether oxygens (including phenoxy) is 1. The molecule has 1 atom stereocenters. The summed E-state index contributed by atoms with van der Waals surface area (Å²) in [6, 6.07) is 17.3. The van der Waals surface area contributed by atoms with Crippen LogP contribution in [0.3, 0.4) is 0 Å². The first kappa shape index (κ1) is 16.5. The van der Waals surface area contributed by atoms with E-state index in [1.54, 1.807) is 4.90 Å². The van der Waals surface area contributed by atoms with Crippen LogP contribution in [0.5, 0.6) is 0 Å². The van der Waals surface area contributed by atoms with Gasteiger partial charge < -0.3 is 14.6 Å². The number of amides is 1. The molecule has 132 valence electrons. The van der Waals surface area contributed by atoms with Gasteiger partial charge in [-0.1, -0.05) is 48.5 Å². The smallest absolute Gasteiger partial charge is 0.295 e. The SMILES string of the molecule is Cc1[nH]c2ccccc2c1C(=O)C(=O)N1CCO[C@H](c2ccccc2)C1. The van der Waals surface area contributed by atoms with E-state index in [4.69, 9.17) is 4.74 Å². The van der Waals surface area contributed by atoms with Crippen molar-refractivity contribution >= 4 is 22.6 Å². The summed E-state index contributed by atoms with van der Waals surface area (Å²) in [5.41, 5.74) is 3.07. The number of morpholine rings is 1. The maximum absolute atomic E-state index is 12.9. The van der Waals surface area contributed by atoms with Crippen molar-refractivity contribution in [2.45, 2.75) is 13.0 Å². The summed E-state index contributed by atoms with van der Waals surface area (Å²) in [4.78, 5) is 30.6. The van der Waals surface area contributed by atoms with Gasteiger partial charge in [0.2, 0.25) is 0 Å². The van der Waals surface area contributed by atoms with Gasteiger partial charge in [0.1, 0.15) is 6.10 Å². The van der Waals surface area contributed by atoms with Crippen LogP contribution in [0.4, 0.5) is 0 Å². The molecule has 0 radical (unpaired) electrons. The van der Waals surface area contributed by atoms with E-state index in [9.17, 15) is 9.59 Å². The number of nitrogens with one attached hydrogen (secondary N) is 1. The molecule has 0 unspecified atom stereocenters. The monoisotopic (exact) mass is 348 g/mol. The van der Waals surface area contributed by atoms with E-state index in [-0.39, 0.29) is 6.10 Å². The Balaban J connectivity index is 1.58. The zero-order chi connectivity index (χ0) is 18.1. The number of aryl methyl sites for hydroxylation is 1. The number of H-pyrrole nitrogens is 1. The zero-order valence-corrected chi connectivity index (χ0v) is 14.6. The Labute approximate surface area is 151 Å². The van der Waals surface area contributed by atoms with Crippen molar-refractivity contribution < 1.29 is 14.3 Å². The minimum Gasteiger partial charge on any atom is -0.370 e. The van der Waals surface area contributed by atoms with Gasteiger partial charge in [-0.2, -0.15) is 0 Å². The summed E-state index contributed by atoms with van der Waals surface area (Å²) in [5.74, 6) is -0.934. The Hall–Kier alpha value is -2.92. The molecule has 1 saturated heterocycles. The lowest BCUT2D eigenvalue weighted by Gasteiger charge is -2.32. The molecule has 0 bridgehead atoms. The summed E-state index contributed by atoms with van der Waals surface area (Å²) < 4.78 is 5.80. The van der Waals surface area contributed by atoms with Crippen LogP contribution >= 0.6 is 0 Å². The fraction of sp³-hybridized carbons (Fsp3) is 0.238. The molecule has 0 spiro atoms. The molecule has 0 aliphatic carbocycles. The number of nitrogens with zero attached hydrogens (tertiary/aromatic N) is 1. The average Bonchev–Trinajstić information content (AvgIpc) is 3.03. The van der Waals surface area contributed by atoms with Crippen molar-refractivity contribution in [2.75, 3.05) is 19.7 Å². The molecule has 26 heavy (non-hydrogen) atoms. The predicted octanol–water partition coefficient (Wildman–Crippen LogP) is 3.26. The Morgan fingerprint density at radius 3 is 2.62 bits per heavy atom. The molecule has 2 aromatic carbocycles. The number of benzene rings is 2. The highest BCUT2D eigenvalue weighted by atomic mass is 16.5. The van der Waals surface area contributed by atoms with Crippen molar-refractivity contribution in [2.24, 2.45) is 0 Å². The number of para-hydroxylation sites is 1. The average molecular weight is 348 g/mol. The number of aromatic amines is 1. The second kappa shape index (κ2) is 6.77. The molecule has 3 aromatic rings. The van der Waals surface area contributed by atoms with Crippen LogP contribution in [0.1, 0.15) is 27.7 Å². The number of ketones is 1. The second-order valence-electron chi connectivity index (χ2n) is 6.52. The number of rotatable bonds is 3. The van der Waals surface area contributed by atoms with Gasteiger partial charge in [-0.15, -0.1) is 0 Å².